The number of hydrogen-bond donors (Lipinski definition) is 2. The zero-order chi connectivity index (χ0) is 18.1. The van der Waals surface area contributed by atoms with Crippen LogP contribution in [0, 0.1) is 0 Å². The van der Waals surface area contributed by atoms with Crippen LogP contribution in [0.4, 0.5) is 0 Å². The Morgan fingerprint density at radius 2 is 1.67 bits per heavy atom. The third-order valence-corrected chi connectivity index (χ3v) is 4.48. The van der Waals surface area contributed by atoms with E-state index in [1.807, 2.05) is 79.0 Å². The highest BCUT2D eigenvalue weighted by Gasteiger charge is 2.21. The number of benzene rings is 3. The summed E-state index contributed by atoms with van der Waals surface area (Å²) < 4.78 is 5.83. The number of hydrogen-bond acceptors (Lipinski definition) is 4. The SMILES string of the molecule is c1ccc(Oc2ccc(C3=NC(c4ccc5[nH]ccc5c4)ON3)cc2)cc1. The number of amidine groups is 1. The highest BCUT2D eigenvalue weighted by atomic mass is 16.7. The average molecular weight is 355 g/mol. The van der Waals surface area contributed by atoms with Gasteiger partial charge in [0, 0.05) is 22.8 Å². The maximum absolute atomic E-state index is 5.83. The van der Waals surface area contributed by atoms with Gasteiger partial charge in [-0.05, 0) is 60.0 Å². The molecule has 3 aromatic carbocycles. The van der Waals surface area contributed by atoms with E-state index in [-0.39, 0.29) is 6.23 Å². The highest BCUT2D eigenvalue weighted by molar-refractivity contribution is 5.99. The smallest absolute Gasteiger partial charge is 0.202 e. The van der Waals surface area contributed by atoms with Crippen LogP contribution in [0.3, 0.4) is 0 Å². The number of ether oxygens (including phenoxy) is 1. The lowest BCUT2D eigenvalue weighted by molar-refractivity contribution is 0.0378. The van der Waals surface area contributed by atoms with E-state index in [0.29, 0.717) is 5.84 Å². The van der Waals surface area contributed by atoms with Crippen LogP contribution in [0.5, 0.6) is 11.5 Å². The monoisotopic (exact) mass is 355 g/mol. The van der Waals surface area contributed by atoms with Crippen LogP contribution in [0.1, 0.15) is 17.4 Å². The molecule has 27 heavy (non-hydrogen) atoms. The average Bonchev–Trinajstić information content (AvgIpc) is 3.38. The van der Waals surface area contributed by atoms with Gasteiger partial charge in [-0.2, -0.15) is 0 Å². The molecular formula is C22H17N3O2. The van der Waals surface area contributed by atoms with E-state index < -0.39 is 0 Å². The molecule has 1 atom stereocenters. The van der Waals surface area contributed by atoms with Crippen LogP contribution in [0.15, 0.2) is 90.1 Å². The van der Waals surface area contributed by atoms with Crippen molar-refractivity contribution in [3.8, 4) is 11.5 Å². The molecule has 4 aromatic rings. The molecule has 2 heterocycles. The molecular weight excluding hydrogens is 338 g/mol. The molecule has 1 unspecified atom stereocenters. The van der Waals surface area contributed by atoms with Gasteiger partial charge in [0.15, 0.2) is 5.84 Å². The van der Waals surface area contributed by atoms with Gasteiger partial charge in [0.1, 0.15) is 11.5 Å². The fourth-order valence-electron chi connectivity index (χ4n) is 3.09. The van der Waals surface area contributed by atoms with Gasteiger partial charge in [-0.3, -0.25) is 0 Å². The first-order valence-electron chi connectivity index (χ1n) is 8.75. The van der Waals surface area contributed by atoms with Gasteiger partial charge in [-0.1, -0.05) is 24.3 Å². The van der Waals surface area contributed by atoms with Crippen LogP contribution in [-0.2, 0) is 4.84 Å². The van der Waals surface area contributed by atoms with Crippen LogP contribution < -0.4 is 10.2 Å². The Labute approximate surface area is 156 Å². The largest absolute Gasteiger partial charge is 0.457 e. The molecule has 5 nitrogen and oxygen atoms in total. The predicted molar refractivity (Wildman–Crippen MR) is 105 cm³/mol. The summed E-state index contributed by atoms with van der Waals surface area (Å²) in [5, 5.41) is 1.14. The number of nitrogens with one attached hydrogen (secondary N) is 2. The Morgan fingerprint density at radius 1 is 0.852 bits per heavy atom. The first kappa shape index (κ1) is 15.7. The molecule has 132 valence electrons. The maximum atomic E-state index is 5.83. The summed E-state index contributed by atoms with van der Waals surface area (Å²) in [4.78, 5) is 13.5. The van der Waals surface area contributed by atoms with Crippen molar-refractivity contribution < 1.29 is 9.57 Å². The molecule has 1 aliphatic heterocycles. The standard InChI is InChI=1S/C22H17N3O2/c1-2-4-18(5-3-1)26-19-9-6-15(7-10-19)21-24-22(27-25-21)17-8-11-20-16(14-17)12-13-23-20/h1-14,22-23H,(H,24,25). The molecule has 1 aromatic heterocycles. The van der Waals surface area contributed by atoms with Crippen LogP contribution in [-0.4, -0.2) is 10.8 Å². The van der Waals surface area contributed by atoms with Gasteiger partial charge < -0.3 is 9.72 Å². The van der Waals surface area contributed by atoms with E-state index >= 15 is 0 Å². The molecule has 0 fully saturated rings. The first-order chi connectivity index (χ1) is 13.3. The molecule has 2 N–H and O–H groups in total. The second kappa shape index (κ2) is 6.63. The zero-order valence-electron chi connectivity index (χ0n) is 14.4. The maximum Gasteiger partial charge on any atom is 0.202 e. The van der Waals surface area contributed by atoms with Crippen LogP contribution in [0.25, 0.3) is 10.9 Å². The molecule has 0 amide bonds. The number of hydroxylamine groups is 1. The molecule has 5 rings (SSSR count). The van der Waals surface area contributed by atoms with Crippen molar-refractivity contribution >= 4 is 16.7 Å². The summed E-state index contributed by atoms with van der Waals surface area (Å²) >= 11 is 0. The lowest BCUT2D eigenvalue weighted by Gasteiger charge is -2.06. The fraction of sp³-hybridized carbons (Fsp3) is 0.0455. The second-order valence-corrected chi connectivity index (χ2v) is 6.31. The number of para-hydroxylation sites is 1. The van der Waals surface area contributed by atoms with Gasteiger partial charge in [-0.15, -0.1) is 0 Å². The van der Waals surface area contributed by atoms with Gasteiger partial charge in [0.2, 0.25) is 6.23 Å². The molecule has 1 aliphatic rings. The Morgan fingerprint density at radius 3 is 2.52 bits per heavy atom. The normalized spacial score (nSPS) is 16.1. The topological polar surface area (TPSA) is 58.6 Å². The molecule has 0 saturated heterocycles. The highest BCUT2D eigenvalue weighted by Crippen LogP contribution is 2.27. The van der Waals surface area contributed by atoms with Crippen LogP contribution >= 0.6 is 0 Å². The zero-order valence-corrected chi connectivity index (χ0v) is 14.4. The number of aromatic nitrogens is 1. The Balaban J connectivity index is 1.34. The van der Waals surface area contributed by atoms with E-state index in [1.165, 1.54) is 0 Å². The first-order valence-corrected chi connectivity index (χ1v) is 8.75. The summed E-state index contributed by atoms with van der Waals surface area (Å²) in [5.74, 6) is 2.30. The minimum Gasteiger partial charge on any atom is -0.457 e. The van der Waals surface area contributed by atoms with Crippen molar-refractivity contribution in [1.82, 2.24) is 10.5 Å². The lowest BCUT2D eigenvalue weighted by Crippen LogP contribution is -2.17. The predicted octanol–water partition coefficient (Wildman–Crippen LogP) is 4.94. The van der Waals surface area contributed by atoms with E-state index in [1.54, 1.807) is 0 Å². The van der Waals surface area contributed by atoms with Crippen molar-refractivity contribution in [3.05, 3.63) is 96.2 Å². The summed E-state index contributed by atoms with van der Waals surface area (Å²) in [6.45, 7) is 0. The lowest BCUT2D eigenvalue weighted by atomic mass is 10.1. The van der Waals surface area contributed by atoms with E-state index in [4.69, 9.17) is 9.57 Å². The number of H-pyrrole nitrogens is 1. The number of nitrogens with zero attached hydrogens (tertiary/aromatic N) is 1. The quantitative estimate of drug-likeness (QED) is 0.545. The summed E-state index contributed by atoms with van der Waals surface area (Å²) in [6, 6.07) is 25.7. The van der Waals surface area contributed by atoms with Crippen molar-refractivity contribution in [2.24, 2.45) is 4.99 Å². The summed E-state index contributed by atoms with van der Waals surface area (Å²) in [7, 11) is 0. The number of aliphatic imine (C=N–C) groups is 1. The second-order valence-electron chi connectivity index (χ2n) is 6.31. The number of rotatable bonds is 4. The van der Waals surface area contributed by atoms with Gasteiger partial charge in [0.05, 0.1) is 0 Å². The number of aromatic amines is 1. The third kappa shape index (κ3) is 3.16. The summed E-state index contributed by atoms with van der Waals surface area (Å²) in [6.07, 6.45) is 1.57. The molecule has 0 spiro atoms. The van der Waals surface area contributed by atoms with Crippen molar-refractivity contribution in [3.63, 3.8) is 0 Å². The Hall–Kier alpha value is -3.57. The number of fused-ring (bicyclic) bond motifs is 1. The van der Waals surface area contributed by atoms with E-state index in [2.05, 4.69) is 21.5 Å². The van der Waals surface area contributed by atoms with E-state index in [9.17, 15) is 0 Å². The third-order valence-electron chi connectivity index (χ3n) is 4.48. The molecule has 5 heteroatoms. The van der Waals surface area contributed by atoms with Gasteiger partial charge in [0.25, 0.3) is 0 Å². The van der Waals surface area contributed by atoms with Crippen molar-refractivity contribution in [1.29, 1.82) is 0 Å². The Kier molecular flexibility index (Phi) is 3.84. The van der Waals surface area contributed by atoms with Crippen molar-refractivity contribution in [2.45, 2.75) is 6.23 Å². The van der Waals surface area contributed by atoms with Crippen molar-refractivity contribution in [2.75, 3.05) is 0 Å². The molecule has 0 saturated carbocycles. The summed E-state index contributed by atoms with van der Waals surface area (Å²) in [5.41, 5.74) is 5.99. The van der Waals surface area contributed by atoms with E-state index in [0.717, 1.165) is 33.5 Å². The van der Waals surface area contributed by atoms with Gasteiger partial charge in [-0.25, -0.2) is 15.3 Å². The molecule has 0 bridgehead atoms. The minimum atomic E-state index is -0.362. The molecule has 0 aliphatic carbocycles. The van der Waals surface area contributed by atoms with Gasteiger partial charge >= 0.3 is 0 Å². The minimum absolute atomic E-state index is 0.362. The Bertz CT molecular complexity index is 1100. The van der Waals surface area contributed by atoms with Crippen LogP contribution in [0.2, 0.25) is 0 Å². The fourth-order valence-corrected chi connectivity index (χ4v) is 3.09. The molecule has 0 radical (unpaired) electrons.